The highest BCUT2D eigenvalue weighted by Gasteiger charge is 2.18. The molecule has 0 heterocycles. The van der Waals surface area contributed by atoms with Gasteiger partial charge in [-0.15, -0.1) is 0 Å². The number of anilines is 1. The number of carbonyl (C=O) groups is 2. The molecule has 0 saturated carbocycles. The highest BCUT2D eigenvalue weighted by molar-refractivity contribution is 5.93. The zero-order valence-corrected chi connectivity index (χ0v) is 14.5. The first-order valence-corrected chi connectivity index (χ1v) is 8.02. The molecule has 0 fully saturated rings. The fourth-order valence-corrected chi connectivity index (χ4v) is 2.45. The second-order valence-electron chi connectivity index (χ2n) is 5.79. The van der Waals surface area contributed by atoms with Crippen LogP contribution in [0.15, 0.2) is 48.5 Å². The Bertz CT molecular complexity index is 764. The Labute approximate surface area is 150 Å². The van der Waals surface area contributed by atoms with Crippen LogP contribution in [0.5, 0.6) is 5.75 Å². The van der Waals surface area contributed by atoms with Crippen molar-refractivity contribution in [2.24, 2.45) is 0 Å². The third-order valence-electron chi connectivity index (χ3n) is 3.62. The van der Waals surface area contributed by atoms with Gasteiger partial charge in [0.25, 0.3) is 0 Å². The Balaban J connectivity index is 2.12. The fraction of sp³-hybridized carbons (Fsp3) is 0.263. The summed E-state index contributed by atoms with van der Waals surface area (Å²) >= 11 is 0. The summed E-state index contributed by atoms with van der Waals surface area (Å²) in [6.07, 6.45) is -0.0499. The second-order valence-corrected chi connectivity index (χ2v) is 5.79. The van der Waals surface area contributed by atoms with E-state index in [1.165, 1.54) is 25.1 Å². The summed E-state index contributed by atoms with van der Waals surface area (Å²) in [4.78, 5) is 23.8. The molecule has 0 aliphatic rings. The van der Waals surface area contributed by atoms with Crippen molar-refractivity contribution in [1.82, 2.24) is 5.32 Å². The molecule has 0 spiro atoms. The van der Waals surface area contributed by atoms with Crippen molar-refractivity contribution in [3.05, 3.63) is 59.7 Å². The van der Waals surface area contributed by atoms with Gasteiger partial charge >= 0.3 is 6.61 Å². The van der Waals surface area contributed by atoms with Crippen molar-refractivity contribution in [3.63, 3.8) is 0 Å². The van der Waals surface area contributed by atoms with E-state index in [1.54, 1.807) is 6.07 Å². The van der Waals surface area contributed by atoms with Crippen molar-refractivity contribution in [3.8, 4) is 5.75 Å². The largest absolute Gasteiger partial charge is 0.433 e. The summed E-state index contributed by atoms with van der Waals surface area (Å²) in [6, 6.07) is 12.8. The van der Waals surface area contributed by atoms with Gasteiger partial charge in [-0.25, -0.2) is 0 Å². The number of aryl methyl sites for hydroxylation is 1. The van der Waals surface area contributed by atoms with E-state index in [0.717, 1.165) is 11.1 Å². The van der Waals surface area contributed by atoms with Crippen LogP contribution in [0.4, 0.5) is 14.5 Å². The molecule has 0 radical (unpaired) electrons. The normalized spacial score (nSPS) is 11.7. The molecule has 7 heteroatoms. The summed E-state index contributed by atoms with van der Waals surface area (Å²) in [5.41, 5.74) is 1.97. The lowest BCUT2D eigenvalue weighted by Crippen LogP contribution is -2.29. The molecule has 0 bridgehead atoms. The van der Waals surface area contributed by atoms with Crippen LogP contribution >= 0.6 is 0 Å². The molecule has 5 nitrogen and oxygen atoms in total. The third-order valence-corrected chi connectivity index (χ3v) is 3.62. The van der Waals surface area contributed by atoms with Gasteiger partial charge in [0.1, 0.15) is 5.75 Å². The predicted molar refractivity (Wildman–Crippen MR) is 94.1 cm³/mol. The third kappa shape index (κ3) is 5.84. The van der Waals surface area contributed by atoms with Gasteiger partial charge in [0.15, 0.2) is 0 Å². The molecule has 2 N–H and O–H groups in total. The maximum atomic E-state index is 12.5. The maximum Gasteiger partial charge on any atom is 0.387 e. The molecule has 0 saturated heterocycles. The van der Waals surface area contributed by atoms with Crippen molar-refractivity contribution in [1.29, 1.82) is 0 Å². The van der Waals surface area contributed by atoms with Crippen LogP contribution in [0.25, 0.3) is 0 Å². The van der Waals surface area contributed by atoms with Gasteiger partial charge in [0, 0.05) is 6.92 Å². The van der Waals surface area contributed by atoms with Gasteiger partial charge in [0.2, 0.25) is 11.8 Å². The lowest BCUT2D eigenvalue weighted by Gasteiger charge is -2.19. The van der Waals surface area contributed by atoms with Gasteiger partial charge in [-0.1, -0.05) is 42.0 Å². The minimum Gasteiger partial charge on any atom is -0.433 e. The summed E-state index contributed by atoms with van der Waals surface area (Å²) in [5.74, 6) is -0.832. The van der Waals surface area contributed by atoms with Crippen molar-refractivity contribution in [2.75, 3.05) is 5.32 Å². The minimum absolute atomic E-state index is 0.0499. The molecule has 2 rings (SSSR count). The molecule has 0 aliphatic carbocycles. The first-order valence-electron chi connectivity index (χ1n) is 8.02. The van der Waals surface area contributed by atoms with E-state index in [1.807, 2.05) is 31.2 Å². The number of ether oxygens (including phenoxy) is 1. The molecule has 1 unspecified atom stereocenters. The molecule has 2 amide bonds. The topological polar surface area (TPSA) is 67.4 Å². The SMILES string of the molecule is CC(=O)NC(CC(=O)Nc1ccccc1OC(F)F)c1ccc(C)cc1. The van der Waals surface area contributed by atoms with Crippen molar-refractivity contribution < 1.29 is 23.1 Å². The minimum atomic E-state index is -2.99. The monoisotopic (exact) mass is 362 g/mol. The van der Waals surface area contributed by atoms with E-state index in [-0.39, 0.29) is 23.8 Å². The standard InChI is InChI=1S/C19H20F2N2O3/c1-12-7-9-14(10-8-12)16(22-13(2)24)11-18(25)23-15-5-3-4-6-17(15)26-19(20)21/h3-10,16,19H,11H2,1-2H3,(H,22,24)(H,23,25). The molecule has 0 aliphatic heterocycles. The Hall–Kier alpha value is -2.96. The number of amides is 2. The smallest absolute Gasteiger partial charge is 0.387 e. The number of alkyl halides is 2. The van der Waals surface area contributed by atoms with Crippen LogP contribution in [0.1, 0.15) is 30.5 Å². The van der Waals surface area contributed by atoms with E-state index in [2.05, 4.69) is 15.4 Å². The summed E-state index contributed by atoms with van der Waals surface area (Å²) in [6.45, 7) is 0.307. The fourth-order valence-electron chi connectivity index (χ4n) is 2.45. The summed E-state index contributed by atoms with van der Waals surface area (Å²) < 4.78 is 29.3. The number of halogens is 2. The summed E-state index contributed by atoms with van der Waals surface area (Å²) in [7, 11) is 0. The van der Waals surface area contributed by atoms with Gasteiger partial charge in [-0.3, -0.25) is 9.59 Å². The highest BCUT2D eigenvalue weighted by Crippen LogP contribution is 2.26. The molecule has 1 atom stereocenters. The average Bonchev–Trinajstić information content (AvgIpc) is 2.56. The Morgan fingerprint density at radius 1 is 1.08 bits per heavy atom. The van der Waals surface area contributed by atoms with Gasteiger partial charge in [-0.05, 0) is 24.6 Å². The molecular weight excluding hydrogens is 342 g/mol. The number of benzene rings is 2. The van der Waals surface area contributed by atoms with Gasteiger partial charge in [-0.2, -0.15) is 8.78 Å². The Morgan fingerprint density at radius 2 is 1.73 bits per heavy atom. The lowest BCUT2D eigenvalue weighted by molar-refractivity contribution is -0.120. The Kier molecular flexibility index (Phi) is 6.66. The second kappa shape index (κ2) is 8.94. The highest BCUT2D eigenvalue weighted by atomic mass is 19.3. The number of carbonyl (C=O) groups excluding carboxylic acids is 2. The van der Waals surface area contributed by atoms with Crippen LogP contribution in [-0.4, -0.2) is 18.4 Å². The number of para-hydroxylation sites is 2. The van der Waals surface area contributed by atoms with E-state index in [9.17, 15) is 18.4 Å². The lowest BCUT2D eigenvalue weighted by atomic mass is 10.0. The van der Waals surface area contributed by atoms with Gasteiger partial charge < -0.3 is 15.4 Å². The first-order chi connectivity index (χ1) is 12.3. The molecular formula is C19H20F2N2O3. The zero-order valence-electron chi connectivity index (χ0n) is 14.5. The Morgan fingerprint density at radius 3 is 2.35 bits per heavy atom. The van der Waals surface area contributed by atoms with Crippen LogP contribution in [0, 0.1) is 6.92 Å². The number of nitrogens with one attached hydrogen (secondary N) is 2. The van der Waals surface area contributed by atoms with Gasteiger partial charge in [0.05, 0.1) is 18.2 Å². The van der Waals surface area contributed by atoms with Crippen molar-refractivity contribution in [2.45, 2.75) is 32.9 Å². The van der Waals surface area contributed by atoms with Crippen LogP contribution in [0.2, 0.25) is 0 Å². The van der Waals surface area contributed by atoms with Crippen molar-refractivity contribution >= 4 is 17.5 Å². The summed E-state index contributed by atoms with van der Waals surface area (Å²) in [5, 5.41) is 5.28. The van der Waals surface area contributed by atoms with Crippen LogP contribution < -0.4 is 15.4 Å². The quantitative estimate of drug-likeness (QED) is 0.787. The average molecular weight is 362 g/mol. The molecule has 2 aromatic carbocycles. The zero-order chi connectivity index (χ0) is 19.1. The first kappa shape index (κ1) is 19.4. The van der Waals surface area contributed by atoms with E-state index < -0.39 is 18.6 Å². The van der Waals surface area contributed by atoms with E-state index >= 15 is 0 Å². The van der Waals surface area contributed by atoms with E-state index in [4.69, 9.17) is 0 Å². The molecule has 26 heavy (non-hydrogen) atoms. The number of hydrogen-bond donors (Lipinski definition) is 2. The van der Waals surface area contributed by atoms with E-state index in [0.29, 0.717) is 0 Å². The molecule has 138 valence electrons. The maximum absolute atomic E-state index is 12.5. The van der Waals surface area contributed by atoms with Crippen LogP contribution in [0.3, 0.4) is 0 Å². The number of rotatable bonds is 7. The molecule has 2 aromatic rings. The molecule has 0 aromatic heterocycles. The predicted octanol–water partition coefficient (Wildman–Crippen LogP) is 3.80. The van der Waals surface area contributed by atoms with Crippen LogP contribution in [-0.2, 0) is 9.59 Å². The number of hydrogen-bond acceptors (Lipinski definition) is 3.